The van der Waals surface area contributed by atoms with Gasteiger partial charge < -0.3 is 9.47 Å². The van der Waals surface area contributed by atoms with Crippen molar-refractivity contribution < 1.29 is 14.3 Å². The standard InChI is InChI=1S/C28H22ClN3O3/c1-2-34-28(33)22(17-30)15-23-18-32(24-11-4-3-5-12-24)31-27(23)20-10-8-13-25(16-20)35-19-21-9-6-7-14-26(21)29/h3-16,18H,2,19H2,1H3/b22-15-. The molecule has 4 rings (SSSR count). The van der Waals surface area contributed by atoms with Crippen molar-refractivity contribution in [1.29, 1.82) is 5.26 Å². The van der Waals surface area contributed by atoms with E-state index >= 15 is 0 Å². The Morgan fingerprint density at radius 3 is 2.60 bits per heavy atom. The van der Waals surface area contributed by atoms with Crippen LogP contribution < -0.4 is 4.74 Å². The summed E-state index contributed by atoms with van der Waals surface area (Å²) in [5.74, 6) is -0.0391. The number of esters is 1. The third kappa shape index (κ3) is 5.78. The molecule has 0 amide bonds. The first-order valence-electron chi connectivity index (χ1n) is 11.0. The zero-order chi connectivity index (χ0) is 24.6. The number of rotatable bonds is 8. The van der Waals surface area contributed by atoms with Gasteiger partial charge in [0, 0.05) is 27.9 Å². The Kier molecular flexibility index (Phi) is 7.61. The molecule has 0 unspecified atom stereocenters. The van der Waals surface area contributed by atoms with Gasteiger partial charge >= 0.3 is 5.97 Å². The molecule has 6 nitrogen and oxygen atoms in total. The van der Waals surface area contributed by atoms with Crippen LogP contribution in [0.1, 0.15) is 18.1 Å². The lowest BCUT2D eigenvalue weighted by Crippen LogP contribution is -2.06. The molecule has 0 spiro atoms. The molecule has 0 saturated heterocycles. The zero-order valence-electron chi connectivity index (χ0n) is 19.0. The van der Waals surface area contributed by atoms with E-state index in [1.807, 2.05) is 84.9 Å². The molecule has 0 atom stereocenters. The third-order valence-corrected chi connectivity index (χ3v) is 5.51. The van der Waals surface area contributed by atoms with Gasteiger partial charge in [0.05, 0.1) is 12.3 Å². The average molecular weight is 484 g/mol. The Hall–Kier alpha value is -4.34. The van der Waals surface area contributed by atoms with E-state index in [2.05, 4.69) is 0 Å². The highest BCUT2D eigenvalue weighted by Crippen LogP contribution is 2.29. The lowest BCUT2D eigenvalue weighted by atomic mass is 10.1. The van der Waals surface area contributed by atoms with Crippen LogP contribution in [0.4, 0.5) is 0 Å². The number of nitrogens with zero attached hydrogens (tertiary/aromatic N) is 3. The molecule has 174 valence electrons. The third-order valence-electron chi connectivity index (χ3n) is 5.14. The van der Waals surface area contributed by atoms with Gasteiger partial charge in [-0.2, -0.15) is 10.4 Å². The van der Waals surface area contributed by atoms with Gasteiger partial charge in [-0.3, -0.25) is 0 Å². The molecule has 1 heterocycles. The molecule has 35 heavy (non-hydrogen) atoms. The van der Waals surface area contributed by atoms with Gasteiger partial charge in [0.15, 0.2) is 0 Å². The van der Waals surface area contributed by atoms with Gasteiger partial charge in [-0.05, 0) is 43.3 Å². The van der Waals surface area contributed by atoms with E-state index in [0.717, 1.165) is 16.8 Å². The SMILES string of the molecule is CCOC(=O)/C(C#N)=C\c1cn(-c2ccccc2)nc1-c1cccc(OCc2ccccc2Cl)c1. The predicted molar refractivity (Wildman–Crippen MR) is 135 cm³/mol. The molecule has 0 radical (unpaired) electrons. The molecule has 3 aromatic carbocycles. The van der Waals surface area contributed by atoms with Crippen LogP contribution in [0.5, 0.6) is 5.75 Å². The molecule has 7 heteroatoms. The highest BCUT2D eigenvalue weighted by molar-refractivity contribution is 6.31. The van der Waals surface area contributed by atoms with Crippen LogP contribution >= 0.6 is 11.6 Å². The summed E-state index contributed by atoms with van der Waals surface area (Å²) in [5.41, 5.74) is 3.57. The first kappa shape index (κ1) is 23.8. The highest BCUT2D eigenvalue weighted by Gasteiger charge is 2.16. The van der Waals surface area contributed by atoms with E-state index in [9.17, 15) is 10.1 Å². The molecule has 4 aromatic rings. The maximum Gasteiger partial charge on any atom is 0.348 e. The van der Waals surface area contributed by atoms with Crippen LogP contribution in [-0.2, 0) is 16.1 Å². The molecular weight excluding hydrogens is 462 g/mol. The number of benzene rings is 3. The average Bonchev–Trinajstić information content (AvgIpc) is 3.31. The molecule has 0 saturated carbocycles. The molecule has 0 bridgehead atoms. The van der Waals surface area contributed by atoms with E-state index in [4.69, 9.17) is 26.2 Å². The summed E-state index contributed by atoms with van der Waals surface area (Å²) in [4.78, 5) is 12.2. The van der Waals surface area contributed by atoms with E-state index in [-0.39, 0.29) is 12.2 Å². The smallest absolute Gasteiger partial charge is 0.348 e. The van der Waals surface area contributed by atoms with Gasteiger partial charge in [0.25, 0.3) is 0 Å². The van der Waals surface area contributed by atoms with Gasteiger partial charge in [-0.25, -0.2) is 9.48 Å². The second kappa shape index (κ2) is 11.2. The van der Waals surface area contributed by atoms with E-state index in [1.54, 1.807) is 17.8 Å². The van der Waals surface area contributed by atoms with E-state index < -0.39 is 5.97 Å². The van der Waals surface area contributed by atoms with Crippen LogP contribution in [0.15, 0.2) is 90.6 Å². The Labute approximate surface area is 208 Å². The van der Waals surface area contributed by atoms with E-state index in [0.29, 0.717) is 28.6 Å². The summed E-state index contributed by atoms with van der Waals surface area (Å²) < 4.78 is 12.7. The van der Waals surface area contributed by atoms with Crippen molar-refractivity contribution in [3.8, 4) is 28.8 Å². The highest BCUT2D eigenvalue weighted by atomic mass is 35.5. The summed E-state index contributed by atoms with van der Waals surface area (Å²) in [5, 5.41) is 14.9. The van der Waals surface area contributed by atoms with Gasteiger partial charge in [0.2, 0.25) is 0 Å². The second-order valence-corrected chi connectivity index (χ2v) is 7.92. The zero-order valence-corrected chi connectivity index (χ0v) is 19.8. The summed E-state index contributed by atoms with van der Waals surface area (Å²) in [6, 6.07) is 26.5. The summed E-state index contributed by atoms with van der Waals surface area (Å²) in [7, 11) is 0. The number of carbonyl (C=O) groups is 1. The van der Waals surface area contributed by atoms with Crippen molar-refractivity contribution in [2.75, 3.05) is 6.61 Å². The first-order valence-corrected chi connectivity index (χ1v) is 11.4. The van der Waals surface area contributed by atoms with Crippen molar-refractivity contribution in [3.63, 3.8) is 0 Å². The summed E-state index contributed by atoms with van der Waals surface area (Å²) in [6.45, 7) is 2.19. The van der Waals surface area contributed by atoms with Crippen molar-refractivity contribution in [3.05, 3.63) is 107 Å². The van der Waals surface area contributed by atoms with Gasteiger partial charge in [0.1, 0.15) is 29.7 Å². The lowest BCUT2D eigenvalue weighted by Gasteiger charge is -2.09. The Morgan fingerprint density at radius 1 is 1.09 bits per heavy atom. The minimum atomic E-state index is -0.676. The minimum absolute atomic E-state index is 0.105. The van der Waals surface area contributed by atoms with Crippen molar-refractivity contribution in [1.82, 2.24) is 9.78 Å². The predicted octanol–water partition coefficient (Wildman–Crippen LogP) is 6.24. The van der Waals surface area contributed by atoms with Crippen LogP contribution in [0.2, 0.25) is 5.02 Å². The number of aromatic nitrogens is 2. The van der Waals surface area contributed by atoms with Crippen LogP contribution in [-0.4, -0.2) is 22.4 Å². The van der Waals surface area contributed by atoms with Crippen LogP contribution in [0, 0.1) is 11.3 Å². The van der Waals surface area contributed by atoms with Crippen molar-refractivity contribution in [2.45, 2.75) is 13.5 Å². The largest absolute Gasteiger partial charge is 0.489 e. The number of ether oxygens (including phenoxy) is 2. The van der Waals surface area contributed by atoms with E-state index in [1.165, 1.54) is 6.08 Å². The number of hydrogen-bond donors (Lipinski definition) is 0. The van der Waals surface area contributed by atoms with Gasteiger partial charge in [-0.15, -0.1) is 0 Å². The molecule has 0 fully saturated rings. The molecule has 0 N–H and O–H groups in total. The van der Waals surface area contributed by atoms with Crippen LogP contribution in [0.3, 0.4) is 0 Å². The maximum atomic E-state index is 12.2. The van der Waals surface area contributed by atoms with Crippen molar-refractivity contribution >= 4 is 23.6 Å². The number of halogens is 1. The van der Waals surface area contributed by atoms with Gasteiger partial charge in [-0.1, -0.05) is 60.1 Å². The Morgan fingerprint density at radius 2 is 1.86 bits per heavy atom. The maximum absolute atomic E-state index is 12.2. The second-order valence-electron chi connectivity index (χ2n) is 7.51. The summed E-state index contributed by atoms with van der Waals surface area (Å²) in [6.07, 6.45) is 3.27. The number of hydrogen-bond acceptors (Lipinski definition) is 5. The fourth-order valence-corrected chi connectivity index (χ4v) is 3.63. The molecule has 0 aliphatic carbocycles. The Bertz CT molecular complexity index is 1400. The number of nitriles is 1. The fraction of sp³-hybridized carbons (Fsp3) is 0.107. The lowest BCUT2D eigenvalue weighted by molar-refractivity contribution is -0.137. The monoisotopic (exact) mass is 483 g/mol. The normalized spacial score (nSPS) is 11.1. The fourth-order valence-electron chi connectivity index (χ4n) is 3.44. The van der Waals surface area contributed by atoms with Crippen molar-refractivity contribution in [2.24, 2.45) is 0 Å². The number of para-hydroxylation sites is 1. The number of carbonyl (C=O) groups excluding carboxylic acids is 1. The molecule has 1 aromatic heterocycles. The molecule has 0 aliphatic rings. The van der Waals surface area contributed by atoms with Crippen LogP contribution in [0.25, 0.3) is 23.0 Å². The minimum Gasteiger partial charge on any atom is -0.489 e. The summed E-state index contributed by atoms with van der Waals surface area (Å²) >= 11 is 6.25. The first-order chi connectivity index (χ1) is 17.1. The Balaban J connectivity index is 1.72. The topological polar surface area (TPSA) is 77.1 Å². The quantitative estimate of drug-likeness (QED) is 0.168. The molecular formula is C28H22ClN3O3. The molecule has 0 aliphatic heterocycles.